The first kappa shape index (κ1) is 74.5. The van der Waals surface area contributed by atoms with Gasteiger partial charge in [-0.15, -0.1) is 23.1 Å². The van der Waals surface area contributed by atoms with Gasteiger partial charge in [-0.05, 0) is 262 Å². The van der Waals surface area contributed by atoms with Crippen LogP contribution in [0.5, 0.6) is 0 Å². The maximum Gasteiger partial charge on any atom is 0.233 e. The molecule has 586 valence electrons. The molecule has 0 radical (unpaired) electrons. The Balaban J connectivity index is 0.000000144. The van der Waals surface area contributed by atoms with E-state index in [-0.39, 0.29) is 72.3 Å². The zero-order valence-electron chi connectivity index (χ0n) is 70.6. The van der Waals surface area contributed by atoms with E-state index in [0.717, 1.165) is 77.4 Å². The molecule has 11 heteroatoms. The third-order valence-electron chi connectivity index (χ3n) is 31.2. The molecular weight excluding hydrogens is 1480 g/mol. The molecule has 8 heterocycles. The molecule has 6 unspecified atom stereocenters. The molecule has 2 fully saturated rings. The van der Waals surface area contributed by atoms with Gasteiger partial charge in [0, 0.05) is 113 Å². The van der Waals surface area contributed by atoms with Crippen molar-refractivity contribution in [2.75, 3.05) is 19.6 Å². The van der Waals surface area contributed by atoms with E-state index in [1.54, 1.807) is 11.1 Å². The van der Waals surface area contributed by atoms with Crippen LogP contribution in [0.2, 0.25) is 10.0 Å². The Morgan fingerprint density at radius 1 is 0.435 bits per heavy atom. The van der Waals surface area contributed by atoms with Gasteiger partial charge in [-0.1, -0.05) is 226 Å². The van der Waals surface area contributed by atoms with Crippen molar-refractivity contribution in [1.82, 2.24) is 0 Å². The van der Waals surface area contributed by atoms with Crippen LogP contribution in [0.15, 0.2) is 189 Å². The summed E-state index contributed by atoms with van der Waals surface area (Å²) in [4.78, 5) is 12.1. The number of fused-ring (bicyclic) bond motifs is 21. The molecule has 6 atom stereocenters. The molecule has 2 saturated carbocycles. The quantitative estimate of drug-likeness (QED) is 0.159. The zero-order valence-corrected chi connectivity index (χ0v) is 73.8. The van der Waals surface area contributed by atoms with Crippen molar-refractivity contribution in [1.29, 1.82) is 0 Å². The highest BCUT2D eigenvalue weighted by atomic mass is 35.5. The van der Waals surface area contributed by atoms with Crippen LogP contribution in [0.3, 0.4) is 0 Å². The van der Waals surface area contributed by atoms with Crippen LogP contribution in [0.4, 0.5) is 51.2 Å². The molecule has 0 amide bonds. The molecule has 13 aromatic rings. The highest BCUT2D eigenvalue weighted by molar-refractivity contribution is 8.02. The molecule has 5 aliphatic heterocycles. The summed E-state index contributed by atoms with van der Waals surface area (Å²) in [5, 5.41) is 10.0. The molecule has 0 bridgehead atoms. The third-order valence-corrected chi connectivity index (χ3v) is 34.0. The maximum atomic E-state index is 7.48. The number of furan rings is 2. The van der Waals surface area contributed by atoms with Crippen LogP contribution in [0.25, 0.3) is 54.0 Å². The van der Waals surface area contributed by atoms with Crippen LogP contribution in [0, 0.1) is 0 Å². The number of benzene rings is 10. The van der Waals surface area contributed by atoms with E-state index in [2.05, 4.69) is 325 Å². The predicted molar refractivity (Wildman–Crippen MR) is 494 cm³/mol. The van der Waals surface area contributed by atoms with Crippen molar-refractivity contribution in [3.63, 3.8) is 0 Å². The molecule has 4 aliphatic carbocycles. The van der Waals surface area contributed by atoms with Gasteiger partial charge in [0.2, 0.25) is 6.71 Å². The molecule has 0 saturated heterocycles. The molecule has 3 aromatic heterocycles. The average Bonchev–Trinajstić information content (AvgIpc) is 1.49. The maximum absolute atomic E-state index is 7.48. The van der Waals surface area contributed by atoms with Gasteiger partial charge in [0.1, 0.15) is 22.3 Å². The van der Waals surface area contributed by atoms with Gasteiger partial charge in [-0.3, -0.25) is 0 Å². The van der Waals surface area contributed by atoms with Crippen molar-refractivity contribution in [2.45, 2.75) is 272 Å². The Hall–Kier alpha value is -8.05. The highest BCUT2D eigenvalue weighted by Crippen LogP contribution is 2.67. The summed E-state index contributed by atoms with van der Waals surface area (Å²) >= 11 is 18.9. The first-order chi connectivity index (χ1) is 54.5. The zero-order chi connectivity index (χ0) is 79.9. The number of hydrogen-bond donors (Lipinski definition) is 0. The van der Waals surface area contributed by atoms with Crippen molar-refractivity contribution < 1.29 is 8.83 Å². The van der Waals surface area contributed by atoms with Crippen molar-refractivity contribution in [3.8, 4) is 0 Å². The van der Waals surface area contributed by atoms with E-state index in [0.29, 0.717) is 0 Å². The lowest BCUT2D eigenvalue weighted by molar-refractivity contribution is 0.195. The fourth-order valence-electron chi connectivity index (χ4n) is 23.8. The Labute approximate surface area is 699 Å². The summed E-state index contributed by atoms with van der Waals surface area (Å²) in [7, 11) is 0. The second-order valence-electron chi connectivity index (χ2n) is 41.8. The monoisotopic (exact) mass is 1590 g/mol. The second-order valence-corrected chi connectivity index (χ2v) is 44.8. The fraction of sp³-hybridized carbons (Fsp3) is 0.404. The average molecular weight is 1590 g/mol. The van der Waals surface area contributed by atoms with Crippen LogP contribution in [-0.2, 0) is 43.3 Å². The number of rotatable bonds is 5. The van der Waals surface area contributed by atoms with E-state index in [4.69, 9.17) is 32.0 Å². The Morgan fingerprint density at radius 3 is 1.63 bits per heavy atom. The number of nitrogens with zero attached hydrogens (tertiary/aromatic N) is 4. The van der Waals surface area contributed by atoms with E-state index in [9.17, 15) is 0 Å². The van der Waals surface area contributed by atoms with Gasteiger partial charge in [0.25, 0.3) is 0 Å². The van der Waals surface area contributed by atoms with E-state index >= 15 is 0 Å². The minimum Gasteiger partial charge on any atom is -0.456 e. The SMILES string of the molecule is CC(C)(C)c1cc2c3c(c1)C1(C)CCCCC1(C)N3c1cc(Cl)cc3c1B2C1Sc2cc4c(cc2C1N3c1ccc2oc3ccccc3c2c1)C(C)(C)CCC4(C)C.CC(C)(C)c1ccc2c(c1)C1(C)CCCCC1(C)N2c1cc(Cl)cc(N(c2ccc3oc4ccccc4c3c2)c2csc3cc4c(cc23)C(C)(C)CCC4(C)C)c1. The minimum absolute atomic E-state index is 0.0145. The molecule has 10 aromatic carbocycles. The van der Waals surface area contributed by atoms with Gasteiger partial charge in [-0.2, -0.15) is 0 Å². The highest BCUT2D eigenvalue weighted by Gasteiger charge is 2.65. The van der Waals surface area contributed by atoms with Gasteiger partial charge in [0.05, 0.1) is 22.8 Å². The molecule has 6 nitrogen and oxygen atoms in total. The number of hydrogen-bond acceptors (Lipinski definition) is 8. The van der Waals surface area contributed by atoms with Crippen molar-refractivity contribution in [3.05, 3.63) is 235 Å². The normalized spacial score (nSPS) is 24.8. The molecule has 0 N–H and O–H groups in total. The Morgan fingerprint density at radius 2 is 0.983 bits per heavy atom. The summed E-state index contributed by atoms with van der Waals surface area (Å²) < 4.78 is 14.1. The van der Waals surface area contributed by atoms with Crippen LogP contribution in [0.1, 0.15) is 258 Å². The first-order valence-corrected chi connectivity index (χ1v) is 45.4. The smallest absolute Gasteiger partial charge is 0.233 e. The van der Waals surface area contributed by atoms with Gasteiger partial charge in [-0.25, -0.2) is 0 Å². The summed E-state index contributed by atoms with van der Waals surface area (Å²) in [5.41, 5.74) is 31.6. The number of halogens is 2. The van der Waals surface area contributed by atoms with Crippen molar-refractivity contribution in [2.24, 2.45) is 0 Å². The lowest BCUT2D eigenvalue weighted by Gasteiger charge is -2.54. The van der Waals surface area contributed by atoms with Gasteiger partial charge in [0.15, 0.2) is 0 Å². The topological polar surface area (TPSA) is 39.2 Å². The largest absolute Gasteiger partial charge is 0.456 e. The lowest BCUT2D eigenvalue weighted by Crippen LogP contribution is -2.65. The fourth-order valence-corrected chi connectivity index (χ4v) is 26.8. The summed E-state index contributed by atoms with van der Waals surface area (Å²) in [6, 6.07) is 64.9. The summed E-state index contributed by atoms with van der Waals surface area (Å²) in [6.45, 7) is 44.2. The molecule has 22 rings (SSSR count). The molecule has 115 heavy (non-hydrogen) atoms. The van der Waals surface area contributed by atoms with Crippen LogP contribution < -0.4 is 30.5 Å². The number of thiophene rings is 1. The minimum atomic E-state index is -0.0992. The number of anilines is 9. The molecule has 0 spiro atoms. The van der Waals surface area contributed by atoms with Gasteiger partial charge < -0.3 is 28.4 Å². The van der Waals surface area contributed by atoms with E-state index in [1.807, 2.05) is 17.4 Å². The van der Waals surface area contributed by atoms with E-state index in [1.165, 1.54) is 170 Å². The van der Waals surface area contributed by atoms with Crippen LogP contribution >= 0.6 is 46.3 Å². The van der Waals surface area contributed by atoms with Crippen LogP contribution in [-0.4, -0.2) is 22.9 Å². The first-order valence-electron chi connectivity index (χ1n) is 42.9. The Bertz CT molecular complexity index is 6340. The molecular formula is C104H109BCl2N4O2S2. The third kappa shape index (κ3) is 10.6. The second kappa shape index (κ2) is 24.8. The summed E-state index contributed by atoms with van der Waals surface area (Å²) in [6.07, 6.45) is 14.5. The summed E-state index contributed by atoms with van der Waals surface area (Å²) in [5.74, 6) is 0. The van der Waals surface area contributed by atoms with Crippen molar-refractivity contribution >= 4 is 169 Å². The number of para-hydroxylation sites is 2. The molecule has 9 aliphatic rings. The predicted octanol–water partition coefficient (Wildman–Crippen LogP) is 29.8. The van der Waals surface area contributed by atoms with E-state index < -0.39 is 0 Å². The lowest BCUT2D eigenvalue weighted by atomic mass is 9.33. The number of thioether (sulfide) groups is 1. The van der Waals surface area contributed by atoms with Gasteiger partial charge >= 0.3 is 0 Å². The standard InChI is InChI=1S/C52H54BClN2OS.C52H55ClN2OS/c1-48(2,3)29-22-37-46-38(23-29)53-44-39(24-30(54)25-40(44)56(46)52(9)19-13-12-18-51(37,52)8)55(31-16-17-42-33(26-31)32-14-10-11-15-41(32)57-42)45-34-27-35-36(28-43(34)58-47(45)53)50(6,7)21-20-49(35,4)5;1-48(2,3)32-16-18-43-42(24-32)51(8)20-12-13-21-52(51,9)55(43)36-26-33(53)25-35(27-36)54(34-17-19-46-38(28-34)37-14-10-11-15-45(37)56-46)44-31-57-47-30-41-40(29-39(44)47)49(4,5)22-23-50(41,6)7/h10-11,14-17,22-28,45,47H,12-13,18-21H2,1-9H3;10-11,14-19,24-31H,12-13,20-23H2,1-9H3. The Kier molecular flexibility index (Phi) is 16.1.